The van der Waals surface area contributed by atoms with Gasteiger partial charge in [0.05, 0.1) is 0 Å². The summed E-state index contributed by atoms with van der Waals surface area (Å²) in [7, 11) is 0. The van der Waals surface area contributed by atoms with Crippen LogP contribution in [0, 0.1) is 0 Å². The second-order valence-corrected chi connectivity index (χ2v) is 39.5. The third-order valence-electron chi connectivity index (χ3n) is 2.38. The van der Waals surface area contributed by atoms with E-state index in [1.807, 2.05) is 3.18 Å². The topological polar surface area (TPSA) is 0 Å². The average molecular weight is 217 g/mol. The van der Waals surface area contributed by atoms with Gasteiger partial charge in [-0.25, -0.2) is 0 Å². The Hall–Kier alpha value is 0.956. The van der Waals surface area contributed by atoms with Crippen LogP contribution in [0.4, 0.5) is 0 Å². The maximum absolute atomic E-state index is 2.56. The monoisotopic (exact) mass is 220 g/mol. The van der Waals surface area contributed by atoms with Crippen LogP contribution in [0.25, 0.3) is 0 Å². The van der Waals surface area contributed by atoms with E-state index in [4.69, 9.17) is 0 Å². The zero-order chi connectivity index (χ0) is 5.65. The molecular formula is C5H12Ge2. The Morgan fingerprint density at radius 2 is 1.57 bits per heavy atom. The van der Waals surface area contributed by atoms with Crippen LogP contribution in [0.3, 0.4) is 0 Å². The Morgan fingerprint density at radius 1 is 1.43 bits per heavy atom. The summed E-state index contributed by atoms with van der Waals surface area (Å²) in [5, 5.41) is 0. The van der Waals surface area contributed by atoms with E-state index in [1.165, 1.54) is 0 Å². The van der Waals surface area contributed by atoms with Gasteiger partial charge in [-0.2, -0.15) is 0 Å². The zero-order valence-electron chi connectivity index (χ0n) is 5.50. The van der Waals surface area contributed by atoms with Crippen molar-refractivity contribution in [3.8, 4) is 0 Å². The zero-order valence-corrected chi connectivity index (χ0v) is 9.70. The summed E-state index contributed by atoms with van der Waals surface area (Å²) in [5.74, 6) is 7.66. The van der Waals surface area contributed by atoms with Gasteiger partial charge in [0.15, 0.2) is 0 Å². The van der Waals surface area contributed by atoms with Gasteiger partial charge in [0.25, 0.3) is 0 Å². The van der Waals surface area contributed by atoms with Gasteiger partial charge in [0.2, 0.25) is 0 Å². The molecule has 40 valence electrons. The van der Waals surface area contributed by atoms with Gasteiger partial charge in [-0.3, -0.25) is 0 Å². The van der Waals surface area contributed by atoms with Gasteiger partial charge < -0.3 is 0 Å². The molecule has 0 aliphatic carbocycles. The summed E-state index contributed by atoms with van der Waals surface area (Å²) < 4.78 is 2.01. The molecule has 0 nitrogen and oxygen atoms in total. The molecule has 0 aromatic heterocycles. The molecule has 2 heteroatoms. The molecule has 1 aliphatic heterocycles. The van der Waals surface area contributed by atoms with Crippen LogP contribution in [0.5, 0.6) is 0 Å². The third-order valence-corrected chi connectivity index (χ3v) is 47.8. The summed E-state index contributed by atoms with van der Waals surface area (Å²) >= 11 is -1.24. The van der Waals surface area contributed by atoms with Crippen LogP contribution in [0.2, 0.25) is 17.3 Å². The van der Waals surface area contributed by atoms with E-state index in [0.29, 0.717) is 0 Å². The fraction of sp³-hybridized carbons (Fsp3) is 0.800. The van der Waals surface area contributed by atoms with Crippen LogP contribution in [0.1, 0.15) is 6.92 Å². The summed E-state index contributed by atoms with van der Waals surface area (Å²) in [6, 6.07) is 0. The van der Waals surface area contributed by atoms with Crippen molar-refractivity contribution >= 4 is 26.4 Å². The molecule has 1 rings (SSSR count). The van der Waals surface area contributed by atoms with Gasteiger partial charge in [-0.05, 0) is 0 Å². The molecule has 0 unspecified atom stereocenters. The Kier molecular flexibility index (Phi) is 1.28. The van der Waals surface area contributed by atoms with Gasteiger partial charge in [-0.15, -0.1) is 0 Å². The molecule has 0 amide bonds. The van der Waals surface area contributed by atoms with Crippen LogP contribution in [0.15, 0.2) is 0 Å². The average Bonchev–Trinajstić information content (AvgIpc) is 1.91. The fourth-order valence-electron chi connectivity index (χ4n) is 0.875. The standard InChI is InChI=1S/C5H12Ge2/c1-5-6(2)7(5,3)4/h1-4H3. The molecule has 0 saturated carbocycles. The number of rotatable bonds is 0. The second-order valence-electron chi connectivity index (χ2n) is 2.88. The summed E-state index contributed by atoms with van der Waals surface area (Å²) in [6.07, 6.45) is 0. The van der Waals surface area contributed by atoms with Crippen molar-refractivity contribution in [1.82, 2.24) is 0 Å². The molecule has 1 heterocycles. The van der Waals surface area contributed by atoms with Gasteiger partial charge in [0.1, 0.15) is 0 Å². The molecule has 0 spiro atoms. The van der Waals surface area contributed by atoms with E-state index in [-0.39, 0.29) is 11.9 Å². The summed E-state index contributed by atoms with van der Waals surface area (Å²) in [5.41, 5.74) is 0. The number of hydrogen-bond donors (Lipinski definition) is 0. The SMILES string of the molecule is C[C]1=[Ge]([CH3])[Ge]1([CH3])[CH3]. The first-order chi connectivity index (χ1) is 3.07. The molecule has 0 radical (unpaired) electrons. The number of hydrogen-bond acceptors (Lipinski definition) is 0. The minimum atomic E-state index is -0.917. The molecular weight excluding hydrogens is 205 g/mol. The van der Waals surface area contributed by atoms with Crippen molar-refractivity contribution in [2.24, 2.45) is 0 Å². The molecule has 0 atom stereocenters. The Bertz CT molecular complexity index is 119. The van der Waals surface area contributed by atoms with Gasteiger partial charge >= 0.3 is 50.6 Å². The molecule has 0 bridgehead atoms. The molecule has 0 saturated heterocycles. The van der Waals surface area contributed by atoms with Crippen LogP contribution in [-0.4, -0.2) is 26.4 Å². The Morgan fingerprint density at radius 3 is 1.57 bits per heavy atom. The molecule has 0 fully saturated rings. The maximum atomic E-state index is 2.56. The normalized spacial score (nSPS) is 25.7. The minimum absolute atomic E-state index is 0.319. The first-order valence-electron chi connectivity index (χ1n) is 2.75. The van der Waals surface area contributed by atoms with Crippen molar-refractivity contribution < 1.29 is 0 Å². The quantitative estimate of drug-likeness (QED) is 0.535. The van der Waals surface area contributed by atoms with Crippen molar-refractivity contribution in [2.45, 2.75) is 24.2 Å². The van der Waals surface area contributed by atoms with Crippen LogP contribution in [-0.2, 0) is 0 Å². The Labute approximate surface area is 50.7 Å². The molecule has 0 aromatic carbocycles. The van der Waals surface area contributed by atoms with Crippen molar-refractivity contribution in [3.05, 3.63) is 0 Å². The molecule has 0 N–H and O–H groups in total. The molecule has 7 heavy (non-hydrogen) atoms. The van der Waals surface area contributed by atoms with E-state index in [1.54, 1.807) is 0 Å². The fourth-order valence-corrected chi connectivity index (χ4v) is 44.9. The van der Waals surface area contributed by atoms with Crippen molar-refractivity contribution in [1.29, 1.82) is 0 Å². The van der Waals surface area contributed by atoms with E-state index < -0.39 is 11.3 Å². The van der Waals surface area contributed by atoms with Crippen molar-refractivity contribution in [3.63, 3.8) is 0 Å². The van der Waals surface area contributed by atoms with Crippen LogP contribution >= 0.6 is 0 Å². The third kappa shape index (κ3) is 0.764. The first kappa shape index (κ1) is 6.08. The van der Waals surface area contributed by atoms with E-state index >= 15 is 0 Å². The Balaban J connectivity index is 2.69. The van der Waals surface area contributed by atoms with Gasteiger partial charge in [0, 0.05) is 0 Å². The van der Waals surface area contributed by atoms with Crippen LogP contribution < -0.4 is 0 Å². The first-order valence-corrected chi connectivity index (χ1v) is 17.6. The molecule has 0 aromatic rings. The summed E-state index contributed by atoms with van der Waals surface area (Å²) in [4.78, 5) is 0. The molecule has 1 aliphatic rings. The van der Waals surface area contributed by atoms with E-state index in [0.717, 1.165) is 0 Å². The predicted octanol–water partition coefficient (Wildman–Crippen LogP) is 1.22. The van der Waals surface area contributed by atoms with E-state index in [2.05, 4.69) is 24.2 Å². The summed E-state index contributed by atoms with van der Waals surface area (Å²) in [6.45, 7) is 2.40. The second kappa shape index (κ2) is 1.47. The van der Waals surface area contributed by atoms with Crippen molar-refractivity contribution in [2.75, 3.05) is 0 Å². The predicted molar refractivity (Wildman–Crippen MR) is 39.8 cm³/mol. The van der Waals surface area contributed by atoms with E-state index in [9.17, 15) is 0 Å². The van der Waals surface area contributed by atoms with Gasteiger partial charge in [-0.1, -0.05) is 0 Å².